The van der Waals surface area contributed by atoms with Gasteiger partial charge in [-0.15, -0.1) is 0 Å². The Morgan fingerprint density at radius 3 is 2.75 bits per heavy atom. The average Bonchev–Trinajstić information content (AvgIpc) is 2.84. The van der Waals surface area contributed by atoms with Crippen LogP contribution in [0.3, 0.4) is 0 Å². The highest BCUT2D eigenvalue weighted by molar-refractivity contribution is 5.52. The van der Waals surface area contributed by atoms with E-state index in [0.717, 1.165) is 32.6 Å². The molecule has 0 radical (unpaired) electrons. The summed E-state index contributed by atoms with van der Waals surface area (Å²) >= 11 is 0. The second-order valence-corrected chi connectivity index (χ2v) is 5.41. The number of hydrogen-bond donors (Lipinski definition) is 1. The van der Waals surface area contributed by atoms with Crippen LogP contribution in [-0.4, -0.2) is 26.2 Å². The first-order chi connectivity index (χ1) is 9.41. The maximum absolute atomic E-state index is 12.9. The summed E-state index contributed by atoms with van der Waals surface area (Å²) in [6.07, 6.45) is -3.24. The number of rotatable bonds is 4. The molecule has 0 bridgehead atoms. The standard InChI is InChI=1S/C15H21F3N2/c1-3-19-9-12-6-7-20(10-12)13-5-4-11(2)14(8-13)15(16,17)18/h4-5,8,12,19H,3,6-7,9-10H2,1-2H3. The van der Waals surface area contributed by atoms with Crippen LogP contribution < -0.4 is 10.2 Å². The van der Waals surface area contributed by atoms with Crippen molar-refractivity contribution in [1.82, 2.24) is 5.32 Å². The van der Waals surface area contributed by atoms with Crippen LogP contribution in [0, 0.1) is 12.8 Å². The highest BCUT2D eigenvalue weighted by Gasteiger charge is 2.33. The quantitative estimate of drug-likeness (QED) is 0.912. The van der Waals surface area contributed by atoms with Crippen LogP contribution in [0.15, 0.2) is 18.2 Å². The zero-order valence-corrected chi connectivity index (χ0v) is 11.9. The van der Waals surface area contributed by atoms with Crippen LogP contribution in [-0.2, 0) is 6.18 Å². The Labute approximate surface area is 118 Å². The van der Waals surface area contributed by atoms with Gasteiger partial charge in [-0.3, -0.25) is 0 Å². The lowest BCUT2D eigenvalue weighted by Gasteiger charge is -2.21. The molecule has 0 saturated carbocycles. The van der Waals surface area contributed by atoms with Gasteiger partial charge in [0.1, 0.15) is 0 Å². The van der Waals surface area contributed by atoms with Crippen molar-refractivity contribution in [2.75, 3.05) is 31.1 Å². The third-order valence-corrected chi connectivity index (χ3v) is 3.86. The summed E-state index contributed by atoms with van der Waals surface area (Å²) in [5.74, 6) is 0.519. The van der Waals surface area contributed by atoms with Crippen LogP contribution in [0.2, 0.25) is 0 Å². The highest BCUT2D eigenvalue weighted by atomic mass is 19.4. The van der Waals surface area contributed by atoms with Crippen molar-refractivity contribution in [2.24, 2.45) is 5.92 Å². The Bertz CT molecular complexity index is 457. The minimum atomic E-state index is -4.27. The van der Waals surface area contributed by atoms with Gasteiger partial charge in [-0.1, -0.05) is 13.0 Å². The lowest BCUT2D eigenvalue weighted by molar-refractivity contribution is -0.138. The number of alkyl halides is 3. The number of anilines is 1. The minimum Gasteiger partial charge on any atom is -0.371 e. The summed E-state index contributed by atoms with van der Waals surface area (Å²) in [6, 6.07) is 4.64. The van der Waals surface area contributed by atoms with Gasteiger partial charge in [0, 0.05) is 18.8 Å². The zero-order valence-electron chi connectivity index (χ0n) is 11.9. The molecular formula is C15H21F3N2. The fourth-order valence-corrected chi connectivity index (χ4v) is 2.69. The van der Waals surface area contributed by atoms with Gasteiger partial charge in [0.2, 0.25) is 0 Å². The van der Waals surface area contributed by atoms with Crippen molar-refractivity contribution in [3.05, 3.63) is 29.3 Å². The molecule has 1 saturated heterocycles. The molecule has 0 aliphatic carbocycles. The molecule has 0 amide bonds. The molecule has 2 nitrogen and oxygen atoms in total. The van der Waals surface area contributed by atoms with Crippen LogP contribution in [0.5, 0.6) is 0 Å². The van der Waals surface area contributed by atoms with E-state index in [1.807, 2.05) is 0 Å². The van der Waals surface area contributed by atoms with Gasteiger partial charge in [0.25, 0.3) is 0 Å². The molecule has 1 N–H and O–H groups in total. The maximum Gasteiger partial charge on any atom is 0.416 e. The molecule has 1 atom stereocenters. The third-order valence-electron chi connectivity index (χ3n) is 3.86. The van der Waals surface area contributed by atoms with E-state index in [-0.39, 0.29) is 5.56 Å². The van der Waals surface area contributed by atoms with Crippen LogP contribution in [0.25, 0.3) is 0 Å². The maximum atomic E-state index is 12.9. The zero-order chi connectivity index (χ0) is 14.8. The van der Waals surface area contributed by atoms with E-state index in [2.05, 4.69) is 17.1 Å². The van der Waals surface area contributed by atoms with Crippen LogP contribution in [0.4, 0.5) is 18.9 Å². The van der Waals surface area contributed by atoms with E-state index < -0.39 is 11.7 Å². The summed E-state index contributed by atoms with van der Waals surface area (Å²) in [5, 5.41) is 3.30. The molecule has 1 aromatic carbocycles. The second kappa shape index (κ2) is 6.04. The first-order valence-corrected chi connectivity index (χ1v) is 7.05. The highest BCUT2D eigenvalue weighted by Crippen LogP contribution is 2.35. The van der Waals surface area contributed by atoms with Crippen LogP contribution >= 0.6 is 0 Å². The monoisotopic (exact) mass is 286 g/mol. The molecule has 1 aromatic rings. The Morgan fingerprint density at radius 1 is 1.35 bits per heavy atom. The molecule has 112 valence electrons. The van der Waals surface area contributed by atoms with Crippen LogP contribution in [0.1, 0.15) is 24.5 Å². The molecule has 1 aliphatic rings. The number of nitrogens with one attached hydrogen (secondary N) is 1. The number of aryl methyl sites for hydroxylation is 1. The first-order valence-electron chi connectivity index (χ1n) is 7.05. The summed E-state index contributed by atoms with van der Waals surface area (Å²) in [6.45, 7) is 7.08. The lowest BCUT2D eigenvalue weighted by Crippen LogP contribution is -2.26. The summed E-state index contributed by atoms with van der Waals surface area (Å²) in [4.78, 5) is 2.05. The van der Waals surface area contributed by atoms with Gasteiger partial charge in [-0.05, 0) is 50.0 Å². The van der Waals surface area contributed by atoms with Crippen molar-refractivity contribution < 1.29 is 13.2 Å². The smallest absolute Gasteiger partial charge is 0.371 e. The van der Waals surface area contributed by atoms with Gasteiger partial charge in [-0.2, -0.15) is 13.2 Å². The molecule has 0 aromatic heterocycles. The molecular weight excluding hydrogens is 265 g/mol. The summed E-state index contributed by atoms with van der Waals surface area (Å²) in [5.41, 5.74) is 0.441. The van der Waals surface area contributed by atoms with Gasteiger partial charge < -0.3 is 10.2 Å². The van der Waals surface area contributed by atoms with Gasteiger partial charge >= 0.3 is 6.18 Å². The third kappa shape index (κ3) is 3.45. The van der Waals surface area contributed by atoms with E-state index in [4.69, 9.17) is 0 Å². The Balaban J connectivity index is 2.11. The summed E-state index contributed by atoms with van der Waals surface area (Å²) in [7, 11) is 0. The van der Waals surface area contributed by atoms with Gasteiger partial charge in [0.05, 0.1) is 5.56 Å². The lowest BCUT2D eigenvalue weighted by atomic mass is 10.1. The number of hydrogen-bond acceptors (Lipinski definition) is 2. The first kappa shape index (κ1) is 15.2. The Kier molecular flexibility index (Phi) is 4.58. The number of nitrogens with zero attached hydrogens (tertiary/aromatic N) is 1. The number of benzene rings is 1. The molecule has 2 rings (SSSR count). The van der Waals surface area contributed by atoms with E-state index >= 15 is 0 Å². The molecule has 1 heterocycles. The molecule has 1 fully saturated rings. The van der Waals surface area contributed by atoms with Gasteiger partial charge in [-0.25, -0.2) is 0 Å². The number of halogens is 3. The largest absolute Gasteiger partial charge is 0.416 e. The van der Waals surface area contributed by atoms with Crippen molar-refractivity contribution in [3.63, 3.8) is 0 Å². The predicted molar refractivity (Wildman–Crippen MR) is 75.0 cm³/mol. The topological polar surface area (TPSA) is 15.3 Å². The fraction of sp³-hybridized carbons (Fsp3) is 0.600. The molecule has 0 spiro atoms. The molecule has 1 aliphatic heterocycles. The summed E-state index contributed by atoms with van der Waals surface area (Å²) < 4.78 is 38.8. The fourth-order valence-electron chi connectivity index (χ4n) is 2.69. The van der Waals surface area contributed by atoms with E-state index in [9.17, 15) is 13.2 Å². The van der Waals surface area contributed by atoms with Crippen molar-refractivity contribution in [3.8, 4) is 0 Å². The minimum absolute atomic E-state index is 0.282. The molecule has 20 heavy (non-hydrogen) atoms. The van der Waals surface area contributed by atoms with E-state index in [1.54, 1.807) is 12.1 Å². The second-order valence-electron chi connectivity index (χ2n) is 5.41. The Morgan fingerprint density at radius 2 is 2.10 bits per heavy atom. The molecule has 1 unspecified atom stereocenters. The van der Waals surface area contributed by atoms with Crippen molar-refractivity contribution in [1.29, 1.82) is 0 Å². The Hall–Kier alpha value is -1.23. The average molecular weight is 286 g/mol. The van der Waals surface area contributed by atoms with Gasteiger partial charge in [0.15, 0.2) is 0 Å². The van der Waals surface area contributed by atoms with E-state index in [0.29, 0.717) is 11.6 Å². The normalized spacial score (nSPS) is 19.6. The van der Waals surface area contributed by atoms with Crippen molar-refractivity contribution >= 4 is 5.69 Å². The predicted octanol–water partition coefficient (Wildman–Crippen LogP) is 3.45. The SMILES string of the molecule is CCNCC1CCN(c2ccc(C)c(C(F)(F)F)c2)C1. The van der Waals surface area contributed by atoms with E-state index in [1.165, 1.54) is 13.0 Å². The van der Waals surface area contributed by atoms with Crippen molar-refractivity contribution in [2.45, 2.75) is 26.4 Å². The molecule has 5 heteroatoms.